The minimum atomic E-state index is -0.385. The van der Waals surface area contributed by atoms with Gasteiger partial charge in [0.05, 0.1) is 8.66 Å². The van der Waals surface area contributed by atoms with Gasteiger partial charge in [0, 0.05) is 12.8 Å². The molecule has 2 amide bonds. The summed E-state index contributed by atoms with van der Waals surface area (Å²) in [5, 5.41) is 10.0. The van der Waals surface area contributed by atoms with Crippen molar-refractivity contribution in [1.29, 1.82) is 0 Å². The average Bonchev–Trinajstić information content (AvgIpc) is 3.30. The Bertz CT molecular complexity index is 845. The highest BCUT2D eigenvalue weighted by Crippen LogP contribution is 2.21. The highest BCUT2D eigenvalue weighted by Gasteiger charge is 2.13. The van der Waals surface area contributed by atoms with Crippen LogP contribution in [0.1, 0.15) is 22.0 Å². The van der Waals surface area contributed by atoms with Crippen LogP contribution in [0.2, 0.25) is 0 Å². The Labute approximate surface area is 147 Å². The monoisotopic (exact) mass is 411 g/mol. The van der Waals surface area contributed by atoms with Gasteiger partial charge in [-0.3, -0.25) is 25.5 Å². The number of aromatic nitrogens is 5. The predicted octanol–water partition coefficient (Wildman–Crippen LogP) is 1.07. The van der Waals surface area contributed by atoms with Gasteiger partial charge < -0.3 is 4.52 Å². The minimum Gasteiger partial charge on any atom is -0.339 e. The summed E-state index contributed by atoms with van der Waals surface area (Å²) in [7, 11) is 0. The molecule has 24 heavy (non-hydrogen) atoms. The van der Waals surface area contributed by atoms with Crippen molar-refractivity contribution < 1.29 is 14.1 Å². The van der Waals surface area contributed by atoms with E-state index in [1.807, 2.05) is 0 Å². The summed E-state index contributed by atoms with van der Waals surface area (Å²) in [4.78, 5) is 32.0. The molecule has 0 aliphatic rings. The maximum absolute atomic E-state index is 11.8. The third-order valence-corrected chi connectivity index (χ3v) is 4.40. The van der Waals surface area contributed by atoms with Crippen LogP contribution in [0.25, 0.3) is 11.6 Å². The molecule has 0 saturated heterocycles. The van der Waals surface area contributed by atoms with Crippen molar-refractivity contribution in [3.8, 4) is 11.6 Å². The minimum absolute atomic E-state index is 0.0758. The van der Waals surface area contributed by atoms with E-state index in [-0.39, 0.29) is 36.4 Å². The smallest absolute Gasteiger partial charge is 0.279 e. The van der Waals surface area contributed by atoms with Gasteiger partial charge in [0.25, 0.3) is 5.91 Å². The molecule has 0 saturated carbocycles. The zero-order valence-electron chi connectivity index (χ0n) is 11.9. The maximum atomic E-state index is 11.8. The first-order valence-electron chi connectivity index (χ1n) is 6.64. The van der Waals surface area contributed by atoms with Crippen LogP contribution in [-0.4, -0.2) is 37.1 Å². The van der Waals surface area contributed by atoms with Crippen LogP contribution in [-0.2, 0) is 11.2 Å². The number of carbonyl (C=O) groups is 2. The largest absolute Gasteiger partial charge is 0.339 e. The van der Waals surface area contributed by atoms with Gasteiger partial charge in [0.15, 0.2) is 5.82 Å². The highest BCUT2D eigenvalue weighted by atomic mass is 79.9. The summed E-state index contributed by atoms with van der Waals surface area (Å²) >= 11 is 4.53. The zero-order chi connectivity index (χ0) is 16.9. The molecule has 12 heteroatoms. The molecule has 0 aliphatic carbocycles. The van der Waals surface area contributed by atoms with Gasteiger partial charge in [-0.2, -0.15) is 10.1 Å². The molecule has 0 unspecified atom stereocenters. The van der Waals surface area contributed by atoms with Crippen molar-refractivity contribution in [1.82, 2.24) is 36.2 Å². The quantitative estimate of drug-likeness (QED) is 0.533. The Morgan fingerprint density at radius 3 is 2.92 bits per heavy atom. The SMILES string of the molecule is O=C(CCc1nc(-c2ncn[nH]2)no1)NNC(=O)c1ccc(Br)s1. The second kappa shape index (κ2) is 7.31. The number of nitrogens with one attached hydrogen (secondary N) is 3. The molecule has 0 radical (unpaired) electrons. The van der Waals surface area contributed by atoms with Gasteiger partial charge in [0.1, 0.15) is 6.33 Å². The third kappa shape index (κ3) is 4.02. The number of rotatable bonds is 5. The number of thiophene rings is 1. The molecular formula is C12H10BrN7O3S. The first-order valence-corrected chi connectivity index (χ1v) is 8.25. The number of hydrazine groups is 1. The van der Waals surface area contributed by atoms with Gasteiger partial charge in [-0.1, -0.05) is 5.16 Å². The first kappa shape index (κ1) is 16.3. The lowest BCUT2D eigenvalue weighted by Crippen LogP contribution is -2.41. The van der Waals surface area contributed by atoms with Crippen LogP contribution in [0.5, 0.6) is 0 Å². The van der Waals surface area contributed by atoms with E-state index in [0.717, 1.165) is 3.79 Å². The molecule has 0 aromatic carbocycles. The second-order valence-corrected chi connectivity index (χ2v) is 6.91. The number of hydrogen-bond donors (Lipinski definition) is 3. The Hall–Kier alpha value is -2.60. The van der Waals surface area contributed by atoms with E-state index in [4.69, 9.17) is 4.52 Å². The summed E-state index contributed by atoms with van der Waals surface area (Å²) in [5.41, 5.74) is 4.67. The topological polar surface area (TPSA) is 139 Å². The van der Waals surface area contributed by atoms with Crippen LogP contribution >= 0.6 is 27.3 Å². The fourth-order valence-corrected chi connectivity index (χ4v) is 2.95. The Balaban J connectivity index is 1.45. The Kier molecular flexibility index (Phi) is 4.96. The molecule has 0 bridgehead atoms. The van der Waals surface area contributed by atoms with E-state index in [2.05, 4.69) is 52.1 Å². The molecule has 0 spiro atoms. The number of amides is 2. The van der Waals surface area contributed by atoms with Crippen molar-refractivity contribution in [2.75, 3.05) is 0 Å². The standard InChI is InChI=1S/C12H10BrN7O3S/c13-7-2-1-6(24-7)12(22)19-17-8(21)3-4-9-16-11(20-23-9)10-14-5-15-18-10/h1-2,5H,3-4H2,(H,17,21)(H,19,22)(H,14,15,18). The normalized spacial score (nSPS) is 10.5. The van der Waals surface area contributed by atoms with Gasteiger partial charge in [-0.25, -0.2) is 4.98 Å². The fraction of sp³-hybridized carbons (Fsp3) is 0.167. The molecule has 0 fully saturated rings. The Morgan fingerprint density at radius 2 is 2.21 bits per heavy atom. The summed E-state index contributed by atoms with van der Waals surface area (Å²) in [6.07, 6.45) is 1.63. The molecule has 3 rings (SSSR count). The van der Waals surface area contributed by atoms with E-state index >= 15 is 0 Å². The van der Waals surface area contributed by atoms with E-state index in [1.54, 1.807) is 12.1 Å². The summed E-state index contributed by atoms with van der Waals surface area (Å²) < 4.78 is 5.85. The van der Waals surface area contributed by atoms with Gasteiger partial charge in [-0.05, 0) is 28.1 Å². The fourth-order valence-electron chi connectivity index (χ4n) is 1.67. The number of aromatic amines is 1. The molecule has 0 aliphatic heterocycles. The molecule has 3 aromatic rings. The second-order valence-electron chi connectivity index (χ2n) is 4.45. The van der Waals surface area contributed by atoms with Crippen molar-refractivity contribution in [3.05, 3.63) is 33.0 Å². The lowest BCUT2D eigenvalue weighted by atomic mass is 10.3. The zero-order valence-corrected chi connectivity index (χ0v) is 14.3. The molecular weight excluding hydrogens is 402 g/mol. The molecule has 124 valence electrons. The van der Waals surface area contributed by atoms with E-state index in [9.17, 15) is 9.59 Å². The molecule has 3 aromatic heterocycles. The first-order chi connectivity index (χ1) is 11.6. The van der Waals surface area contributed by atoms with Crippen molar-refractivity contribution in [2.24, 2.45) is 0 Å². The molecule has 3 heterocycles. The number of halogens is 1. The van der Waals surface area contributed by atoms with Gasteiger partial charge in [-0.15, -0.1) is 11.3 Å². The van der Waals surface area contributed by atoms with Crippen LogP contribution in [0.3, 0.4) is 0 Å². The number of H-pyrrole nitrogens is 1. The lowest BCUT2D eigenvalue weighted by Gasteiger charge is -2.04. The highest BCUT2D eigenvalue weighted by molar-refractivity contribution is 9.11. The number of hydrogen-bond acceptors (Lipinski definition) is 8. The third-order valence-electron chi connectivity index (χ3n) is 2.77. The van der Waals surface area contributed by atoms with Crippen LogP contribution in [0, 0.1) is 0 Å². The summed E-state index contributed by atoms with van der Waals surface area (Å²) in [6.45, 7) is 0. The maximum Gasteiger partial charge on any atom is 0.279 e. The van der Waals surface area contributed by atoms with Crippen LogP contribution in [0.4, 0.5) is 0 Å². The molecule has 3 N–H and O–H groups in total. The van der Waals surface area contributed by atoms with Crippen molar-refractivity contribution in [3.63, 3.8) is 0 Å². The van der Waals surface area contributed by atoms with Gasteiger partial charge in [0.2, 0.25) is 17.6 Å². The van der Waals surface area contributed by atoms with Crippen molar-refractivity contribution in [2.45, 2.75) is 12.8 Å². The van der Waals surface area contributed by atoms with Crippen molar-refractivity contribution >= 4 is 39.1 Å². The van der Waals surface area contributed by atoms with Crippen LogP contribution < -0.4 is 10.9 Å². The lowest BCUT2D eigenvalue weighted by molar-refractivity contribution is -0.121. The average molecular weight is 412 g/mol. The predicted molar refractivity (Wildman–Crippen MR) is 85.6 cm³/mol. The molecule has 10 nitrogen and oxygen atoms in total. The number of aryl methyl sites for hydroxylation is 1. The number of carbonyl (C=O) groups excluding carboxylic acids is 2. The van der Waals surface area contributed by atoms with Gasteiger partial charge >= 0.3 is 0 Å². The summed E-state index contributed by atoms with van der Waals surface area (Å²) in [6, 6.07) is 3.41. The van der Waals surface area contributed by atoms with E-state index < -0.39 is 0 Å². The van der Waals surface area contributed by atoms with E-state index in [1.165, 1.54) is 17.7 Å². The van der Waals surface area contributed by atoms with Crippen LogP contribution in [0.15, 0.2) is 26.8 Å². The number of nitrogens with zero attached hydrogens (tertiary/aromatic N) is 4. The molecule has 0 atom stereocenters. The van der Waals surface area contributed by atoms with E-state index in [0.29, 0.717) is 10.7 Å². The Morgan fingerprint density at radius 1 is 1.33 bits per heavy atom. The summed E-state index contributed by atoms with van der Waals surface area (Å²) in [5.74, 6) is 0.163.